The van der Waals surface area contributed by atoms with Gasteiger partial charge in [0.2, 0.25) is 5.91 Å². The minimum absolute atomic E-state index is 0.00232. The molecule has 0 atom stereocenters. The van der Waals surface area contributed by atoms with Gasteiger partial charge >= 0.3 is 0 Å². The lowest BCUT2D eigenvalue weighted by molar-refractivity contribution is -0.116. The van der Waals surface area contributed by atoms with E-state index in [4.69, 9.17) is 0 Å². The maximum absolute atomic E-state index is 11.8. The van der Waals surface area contributed by atoms with Gasteiger partial charge in [-0.15, -0.1) is 0 Å². The highest BCUT2D eigenvalue weighted by molar-refractivity contribution is 5.92. The quantitative estimate of drug-likeness (QED) is 0.733. The lowest BCUT2D eigenvalue weighted by Crippen LogP contribution is -2.37. The van der Waals surface area contributed by atoms with Crippen molar-refractivity contribution in [3.8, 4) is 5.75 Å². The molecule has 0 saturated heterocycles. The monoisotopic (exact) mass is 264 g/mol. The molecule has 1 amide bonds. The normalized spacial score (nSPS) is 11.4. The van der Waals surface area contributed by atoms with Crippen molar-refractivity contribution in [1.29, 1.82) is 0 Å². The number of aryl methyl sites for hydroxylation is 2. The summed E-state index contributed by atoms with van der Waals surface area (Å²) in [5.74, 6) is 0.0415. The smallest absolute Gasteiger partial charge is 0.225 e. The van der Waals surface area contributed by atoms with E-state index >= 15 is 0 Å². The van der Waals surface area contributed by atoms with Gasteiger partial charge in [-0.3, -0.25) is 4.79 Å². The number of nitrogens with one attached hydrogen (secondary N) is 2. The van der Waals surface area contributed by atoms with Crippen LogP contribution in [0, 0.1) is 13.8 Å². The molecule has 0 unspecified atom stereocenters. The number of carbonyl (C=O) groups is 1. The van der Waals surface area contributed by atoms with Crippen LogP contribution in [-0.4, -0.2) is 23.1 Å². The van der Waals surface area contributed by atoms with Gasteiger partial charge in [0.05, 0.1) is 5.69 Å². The first-order chi connectivity index (χ1) is 8.69. The van der Waals surface area contributed by atoms with Gasteiger partial charge in [-0.25, -0.2) is 0 Å². The van der Waals surface area contributed by atoms with Crippen molar-refractivity contribution in [2.24, 2.45) is 0 Å². The van der Waals surface area contributed by atoms with Crippen LogP contribution in [0.15, 0.2) is 12.1 Å². The van der Waals surface area contributed by atoms with E-state index in [1.807, 2.05) is 19.9 Å². The van der Waals surface area contributed by atoms with Crippen LogP contribution >= 0.6 is 0 Å². The molecule has 3 N–H and O–H groups in total. The molecule has 0 heterocycles. The van der Waals surface area contributed by atoms with Crippen molar-refractivity contribution in [3.05, 3.63) is 23.3 Å². The van der Waals surface area contributed by atoms with Crippen molar-refractivity contribution in [1.82, 2.24) is 5.32 Å². The minimum Gasteiger partial charge on any atom is -0.505 e. The summed E-state index contributed by atoms with van der Waals surface area (Å²) in [6.07, 6.45) is 0.379. The van der Waals surface area contributed by atoms with Crippen LogP contribution in [0.2, 0.25) is 0 Å². The molecule has 1 aromatic carbocycles. The number of carbonyl (C=O) groups excluding carboxylic acids is 1. The molecule has 4 nitrogen and oxygen atoms in total. The number of hydrogen-bond acceptors (Lipinski definition) is 3. The fourth-order valence-electron chi connectivity index (χ4n) is 1.82. The molecule has 19 heavy (non-hydrogen) atoms. The largest absolute Gasteiger partial charge is 0.505 e. The Bertz CT molecular complexity index is 462. The zero-order valence-electron chi connectivity index (χ0n) is 12.4. The maximum atomic E-state index is 11.8. The third-order valence-corrected chi connectivity index (χ3v) is 2.73. The standard InChI is InChI=1S/C15H24N2O2/c1-10-8-11(2)14(19)12(9-10)17-13(18)6-7-16-15(3,4)5/h8-9,16,19H,6-7H2,1-5H3,(H,17,18). The molecule has 4 heteroatoms. The second-order valence-electron chi connectivity index (χ2n) is 5.95. The summed E-state index contributed by atoms with van der Waals surface area (Å²) >= 11 is 0. The van der Waals surface area contributed by atoms with E-state index in [-0.39, 0.29) is 17.2 Å². The van der Waals surface area contributed by atoms with Crippen LogP contribution in [0.25, 0.3) is 0 Å². The van der Waals surface area contributed by atoms with Crippen molar-refractivity contribution >= 4 is 11.6 Å². The third-order valence-electron chi connectivity index (χ3n) is 2.73. The molecular weight excluding hydrogens is 240 g/mol. The van der Waals surface area contributed by atoms with Gasteiger partial charge < -0.3 is 15.7 Å². The Morgan fingerprint density at radius 3 is 2.47 bits per heavy atom. The number of anilines is 1. The summed E-state index contributed by atoms with van der Waals surface area (Å²) in [4.78, 5) is 11.8. The van der Waals surface area contributed by atoms with Crippen molar-refractivity contribution < 1.29 is 9.90 Å². The summed E-state index contributed by atoms with van der Waals surface area (Å²) < 4.78 is 0. The van der Waals surface area contributed by atoms with Crippen molar-refractivity contribution in [2.45, 2.75) is 46.6 Å². The number of amides is 1. The Morgan fingerprint density at radius 2 is 1.89 bits per heavy atom. The number of aromatic hydroxyl groups is 1. The van der Waals surface area contributed by atoms with Crippen LogP contribution in [0.5, 0.6) is 5.75 Å². The molecule has 0 aliphatic carbocycles. The van der Waals surface area contributed by atoms with Gasteiger partial charge in [0.15, 0.2) is 0 Å². The van der Waals surface area contributed by atoms with E-state index in [2.05, 4.69) is 31.4 Å². The molecule has 0 saturated carbocycles. The highest BCUT2D eigenvalue weighted by atomic mass is 16.3. The average molecular weight is 264 g/mol. The first-order valence-corrected chi connectivity index (χ1v) is 6.54. The van der Waals surface area contributed by atoms with Crippen LogP contribution in [0.3, 0.4) is 0 Å². The third kappa shape index (κ3) is 5.30. The Kier molecular flexibility index (Phi) is 4.95. The Hall–Kier alpha value is -1.55. The first kappa shape index (κ1) is 15.5. The van der Waals surface area contributed by atoms with E-state index in [9.17, 15) is 9.90 Å². The molecule has 0 bridgehead atoms. The lowest BCUT2D eigenvalue weighted by atomic mass is 10.1. The van der Waals surface area contributed by atoms with E-state index in [0.717, 1.165) is 11.1 Å². The van der Waals surface area contributed by atoms with Gasteiger partial charge in [-0.2, -0.15) is 0 Å². The second kappa shape index (κ2) is 6.06. The van der Waals surface area contributed by atoms with Crippen LogP contribution in [-0.2, 0) is 4.79 Å². The minimum atomic E-state index is -0.1000. The fraction of sp³-hybridized carbons (Fsp3) is 0.533. The zero-order chi connectivity index (χ0) is 14.6. The topological polar surface area (TPSA) is 61.4 Å². The van der Waals surface area contributed by atoms with Gasteiger partial charge in [0, 0.05) is 18.5 Å². The van der Waals surface area contributed by atoms with Gasteiger partial charge in [-0.05, 0) is 51.8 Å². The van der Waals surface area contributed by atoms with Crippen molar-refractivity contribution in [3.63, 3.8) is 0 Å². The number of phenols is 1. The molecular formula is C15H24N2O2. The Morgan fingerprint density at radius 1 is 1.26 bits per heavy atom. The highest BCUT2D eigenvalue weighted by Gasteiger charge is 2.12. The molecule has 106 valence electrons. The van der Waals surface area contributed by atoms with E-state index < -0.39 is 0 Å². The Labute approximate surface area is 115 Å². The zero-order valence-corrected chi connectivity index (χ0v) is 12.4. The average Bonchev–Trinajstić information content (AvgIpc) is 2.23. The summed E-state index contributed by atoms with van der Waals surface area (Å²) in [6.45, 7) is 10.5. The SMILES string of the molecule is Cc1cc(C)c(O)c(NC(=O)CCNC(C)(C)C)c1. The lowest BCUT2D eigenvalue weighted by Gasteiger charge is -2.20. The molecule has 1 rings (SSSR count). The second-order valence-corrected chi connectivity index (χ2v) is 5.95. The van der Waals surface area contributed by atoms with Crippen molar-refractivity contribution in [2.75, 3.05) is 11.9 Å². The van der Waals surface area contributed by atoms with E-state index in [1.54, 1.807) is 6.07 Å². The molecule has 0 aromatic heterocycles. The molecule has 0 fully saturated rings. The summed E-state index contributed by atoms with van der Waals surface area (Å²) in [5, 5.41) is 15.9. The predicted octanol–water partition coefficient (Wildman–Crippen LogP) is 2.73. The number of hydrogen-bond donors (Lipinski definition) is 3. The van der Waals surface area contributed by atoms with E-state index in [1.165, 1.54) is 0 Å². The molecule has 0 spiro atoms. The van der Waals surface area contributed by atoms with Gasteiger partial charge in [0.1, 0.15) is 5.75 Å². The molecule has 1 aromatic rings. The molecule has 0 aliphatic heterocycles. The van der Waals surface area contributed by atoms with Gasteiger partial charge in [-0.1, -0.05) is 6.07 Å². The number of phenolic OH excluding ortho intramolecular Hbond substituents is 1. The highest BCUT2D eigenvalue weighted by Crippen LogP contribution is 2.28. The van der Waals surface area contributed by atoms with E-state index in [0.29, 0.717) is 18.7 Å². The van der Waals surface area contributed by atoms with Gasteiger partial charge in [0.25, 0.3) is 0 Å². The first-order valence-electron chi connectivity index (χ1n) is 6.54. The maximum Gasteiger partial charge on any atom is 0.225 e. The number of rotatable bonds is 4. The van der Waals surface area contributed by atoms with Crippen LogP contribution < -0.4 is 10.6 Å². The molecule has 0 radical (unpaired) electrons. The summed E-state index contributed by atoms with van der Waals surface area (Å²) in [5.41, 5.74) is 2.27. The van der Waals surface area contributed by atoms with Crippen LogP contribution in [0.4, 0.5) is 5.69 Å². The predicted molar refractivity (Wildman–Crippen MR) is 78.6 cm³/mol. The Balaban J connectivity index is 2.58. The summed E-state index contributed by atoms with van der Waals surface area (Å²) in [7, 11) is 0. The molecule has 0 aliphatic rings. The van der Waals surface area contributed by atoms with Crippen LogP contribution in [0.1, 0.15) is 38.3 Å². The number of benzene rings is 1. The summed E-state index contributed by atoms with van der Waals surface area (Å²) in [6, 6.07) is 3.66. The fourth-order valence-corrected chi connectivity index (χ4v) is 1.82.